The van der Waals surface area contributed by atoms with E-state index in [4.69, 9.17) is 11.6 Å². The normalized spacial score (nSPS) is 13.4. The molecule has 1 saturated carbocycles. The summed E-state index contributed by atoms with van der Waals surface area (Å²) in [5.41, 5.74) is 1.92. The maximum Gasteiger partial charge on any atom is 0.270 e. The highest BCUT2D eigenvalue weighted by atomic mass is 35.5. The molecule has 0 spiro atoms. The molecule has 1 fully saturated rings. The lowest BCUT2D eigenvalue weighted by Crippen LogP contribution is -2.23. The van der Waals surface area contributed by atoms with Gasteiger partial charge in [-0.05, 0) is 42.7 Å². The number of anilines is 1. The van der Waals surface area contributed by atoms with Crippen molar-refractivity contribution in [1.29, 1.82) is 0 Å². The van der Waals surface area contributed by atoms with E-state index in [2.05, 4.69) is 15.6 Å². The first-order valence-electron chi connectivity index (χ1n) is 7.41. The summed E-state index contributed by atoms with van der Waals surface area (Å²) in [4.78, 5) is 27.8. The lowest BCUT2D eigenvalue weighted by atomic mass is 10.2. The Morgan fingerprint density at radius 3 is 2.78 bits per heavy atom. The van der Waals surface area contributed by atoms with E-state index in [1.54, 1.807) is 6.07 Å². The number of hydrogen-bond donors (Lipinski definition) is 2. The Hall–Kier alpha value is -2.40. The van der Waals surface area contributed by atoms with E-state index >= 15 is 0 Å². The van der Waals surface area contributed by atoms with Gasteiger partial charge in [0.1, 0.15) is 5.69 Å². The largest absolute Gasteiger partial charge is 0.347 e. The van der Waals surface area contributed by atoms with Gasteiger partial charge in [-0.2, -0.15) is 0 Å². The number of nitrogens with zero attached hydrogens (tertiary/aromatic N) is 1. The molecular weight excluding hydrogens is 314 g/mol. The molecule has 0 bridgehead atoms. The van der Waals surface area contributed by atoms with Gasteiger partial charge in [-0.1, -0.05) is 23.7 Å². The van der Waals surface area contributed by atoms with Crippen LogP contribution in [0.5, 0.6) is 0 Å². The van der Waals surface area contributed by atoms with E-state index < -0.39 is 0 Å². The average Bonchev–Trinajstić information content (AvgIpc) is 3.38. The second-order valence-corrected chi connectivity index (χ2v) is 5.94. The molecule has 0 radical (unpaired) electrons. The Bertz CT molecular complexity index is 744. The van der Waals surface area contributed by atoms with Gasteiger partial charge < -0.3 is 10.6 Å². The molecule has 2 aromatic rings. The van der Waals surface area contributed by atoms with E-state index in [0.717, 1.165) is 24.1 Å². The Morgan fingerprint density at radius 1 is 1.22 bits per heavy atom. The molecule has 0 atom stereocenters. The fourth-order valence-corrected chi connectivity index (χ4v) is 2.31. The van der Waals surface area contributed by atoms with Crippen molar-refractivity contribution >= 4 is 29.1 Å². The molecule has 1 heterocycles. The van der Waals surface area contributed by atoms with Crippen molar-refractivity contribution in [3.8, 4) is 0 Å². The summed E-state index contributed by atoms with van der Waals surface area (Å²) in [5.74, 6) is -0.0681. The van der Waals surface area contributed by atoms with Crippen LogP contribution in [-0.2, 0) is 11.3 Å². The summed E-state index contributed by atoms with van der Waals surface area (Å²) >= 11 is 5.85. The van der Waals surface area contributed by atoms with Crippen molar-refractivity contribution in [2.24, 2.45) is 5.92 Å². The fraction of sp³-hybridized carbons (Fsp3) is 0.235. The quantitative estimate of drug-likeness (QED) is 0.885. The molecule has 0 aliphatic heterocycles. The third-order valence-corrected chi connectivity index (χ3v) is 3.79. The van der Waals surface area contributed by atoms with Crippen molar-refractivity contribution < 1.29 is 9.59 Å². The van der Waals surface area contributed by atoms with Crippen molar-refractivity contribution in [2.45, 2.75) is 19.4 Å². The summed E-state index contributed by atoms with van der Waals surface area (Å²) in [6.45, 7) is 0.347. The molecule has 1 aliphatic rings. The molecule has 118 valence electrons. The Balaban J connectivity index is 1.59. The summed E-state index contributed by atoms with van der Waals surface area (Å²) in [7, 11) is 0. The summed E-state index contributed by atoms with van der Waals surface area (Å²) in [6.07, 6.45) is 3.42. The number of rotatable bonds is 5. The van der Waals surface area contributed by atoms with Crippen molar-refractivity contribution in [2.75, 3.05) is 5.32 Å². The number of benzene rings is 1. The van der Waals surface area contributed by atoms with E-state index in [0.29, 0.717) is 11.6 Å². The van der Waals surface area contributed by atoms with Crippen molar-refractivity contribution in [1.82, 2.24) is 10.3 Å². The molecular formula is C17H16ClN3O2. The number of nitrogens with one attached hydrogen (secondary N) is 2. The van der Waals surface area contributed by atoms with Crippen LogP contribution in [-0.4, -0.2) is 16.8 Å². The predicted octanol–water partition coefficient (Wildman–Crippen LogP) is 3.01. The highest BCUT2D eigenvalue weighted by Gasteiger charge is 2.29. The summed E-state index contributed by atoms with van der Waals surface area (Å²) in [5, 5.41) is 6.14. The molecule has 6 heteroatoms. The van der Waals surface area contributed by atoms with E-state index in [1.807, 2.05) is 24.3 Å². The minimum Gasteiger partial charge on any atom is -0.347 e. The molecule has 5 nitrogen and oxygen atoms in total. The molecule has 0 saturated heterocycles. The smallest absolute Gasteiger partial charge is 0.270 e. The number of carbonyl (C=O) groups excluding carboxylic acids is 2. The average molecular weight is 330 g/mol. The van der Waals surface area contributed by atoms with Crippen LogP contribution in [0, 0.1) is 5.92 Å². The summed E-state index contributed by atoms with van der Waals surface area (Å²) < 4.78 is 0. The fourth-order valence-electron chi connectivity index (χ4n) is 2.15. The molecule has 2 amide bonds. The van der Waals surface area contributed by atoms with Crippen LogP contribution in [0.15, 0.2) is 42.6 Å². The predicted molar refractivity (Wildman–Crippen MR) is 88.2 cm³/mol. The third kappa shape index (κ3) is 4.29. The van der Waals surface area contributed by atoms with Crippen LogP contribution in [0.1, 0.15) is 28.9 Å². The lowest BCUT2D eigenvalue weighted by Gasteiger charge is -2.08. The Kier molecular flexibility index (Phi) is 4.57. The SMILES string of the molecule is O=C(NCc1cccc(NC(=O)C2CC2)c1)c1cc(Cl)ccn1. The minimum absolute atomic E-state index is 0.0642. The second kappa shape index (κ2) is 6.79. The number of pyridine rings is 1. The van der Waals surface area contributed by atoms with Crippen LogP contribution in [0.25, 0.3) is 0 Å². The van der Waals surface area contributed by atoms with E-state index in [1.165, 1.54) is 12.3 Å². The number of carbonyl (C=O) groups is 2. The van der Waals surface area contributed by atoms with Crippen LogP contribution in [0.3, 0.4) is 0 Å². The highest BCUT2D eigenvalue weighted by molar-refractivity contribution is 6.30. The zero-order valence-corrected chi connectivity index (χ0v) is 13.1. The minimum atomic E-state index is -0.292. The van der Waals surface area contributed by atoms with Crippen LogP contribution >= 0.6 is 11.6 Å². The van der Waals surface area contributed by atoms with Gasteiger partial charge in [0.05, 0.1) is 0 Å². The van der Waals surface area contributed by atoms with Crippen LogP contribution in [0.2, 0.25) is 5.02 Å². The van der Waals surface area contributed by atoms with Gasteiger partial charge in [0.15, 0.2) is 0 Å². The summed E-state index contributed by atoms with van der Waals surface area (Å²) in [6, 6.07) is 10.6. The first-order chi connectivity index (χ1) is 11.1. The van der Waals surface area contributed by atoms with E-state index in [-0.39, 0.29) is 23.4 Å². The maximum atomic E-state index is 12.0. The lowest BCUT2D eigenvalue weighted by molar-refractivity contribution is -0.117. The molecule has 1 aromatic carbocycles. The first kappa shape index (κ1) is 15.5. The van der Waals surface area contributed by atoms with Gasteiger partial charge in [0, 0.05) is 29.4 Å². The molecule has 2 N–H and O–H groups in total. The zero-order chi connectivity index (χ0) is 16.2. The molecule has 3 rings (SSSR count). The van der Waals surface area contributed by atoms with Gasteiger partial charge in [0.2, 0.25) is 5.91 Å². The van der Waals surface area contributed by atoms with Gasteiger partial charge >= 0.3 is 0 Å². The third-order valence-electron chi connectivity index (χ3n) is 3.55. The van der Waals surface area contributed by atoms with Gasteiger partial charge in [-0.25, -0.2) is 0 Å². The van der Waals surface area contributed by atoms with Crippen LogP contribution in [0.4, 0.5) is 5.69 Å². The molecule has 23 heavy (non-hydrogen) atoms. The van der Waals surface area contributed by atoms with Crippen molar-refractivity contribution in [3.05, 3.63) is 58.9 Å². The highest BCUT2D eigenvalue weighted by Crippen LogP contribution is 2.30. The number of aromatic nitrogens is 1. The molecule has 1 aliphatic carbocycles. The molecule has 1 aromatic heterocycles. The van der Waals surface area contributed by atoms with Crippen molar-refractivity contribution in [3.63, 3.8) is 0 Å². The first-order valence-corrected chi connectivity index (χ1v) is 7.79. The Morgan fingerprint density at radius 2 is 2.04 bits per heavy atom. The monoisotopic (exact) mass is 329 g/mol. The number of amides is 2. The van der Waals surface area contributed by atoms with Gasteiger partial charge in [-0.15, -0.1) is 0 Å². The standard InChI is InChI=1S/C17H16ClN3O2/c18-13-6-7-19-15(9-13)17(23)20-10-11-2-1-3-14(8-11)21-16(22)12-4-5-12/h1-3,6-9,12H,4-5,10H2,(H,20,23)(H,21,22). The number of hydrogen-bond acceptors (Lipinski definition) is 3. The number of halogens is 1. The molecule has 0 unspecified atom stereocenters. The van der Waals surface area contributed by atoms with Gasteiger partial charge in [-0.3, -0.25) is 14.6 Å². The van der Waals surface area contributed by atoms with E-state index in [9.17, 15) is 9.59 Å². The Labute approximate surface area is 139 Å². The van der Waals surface area contributed by atoms with Crippen LogP contribution < -0.4 is 10.6 Å². The second-order valence-electron chi connectivity index (χ2n) is 5.51. The maximum absolute atomic E-state index is 12.0. The topological polar surface area (TPSA) is 71.1 Å². The van der Waals surface area contributed by atoms with Gasteiger partial charge in [0.25, 0.3) is 5.91 Å². The zero-order valence-electron chi connectivity index (χ0n) is 12.4.